The molecule has 7 heteroatoms. The fourth-order valence-electron chi connectivity index (χ4n) is 1.72. The van der Waals surface area contributed by atoms with Gasteiger partial charge in [-0.15, -0.1) is 0 Å². The highest BCUT2D eigenvalue weighted by Crippen LogP contribution is 2.33. The third-order valence-electron chi connectivity index (χ3n) is 2.73. The molecule has 0 bridgehead atoms. The molecule has 0 N–H and O–H groups in total. The molecule has 0 amide bonds. The van der Waals surface area contributed by atoms with Crippen LogP contribution in [-0.2, 0) is 26.9 Å². The molecule has 4 nitrogen and oxygen atoms in total. The van der Waals surface area contributed by atoms with Crippen LogP contribution >= 0.6 is 0 Å². The SMILES string of the molecule is CCOC(=O)c1cc(CCC(=O)OC)ccc1C(F)(F)F. The Morgan fingerprint density at radius 3 is 2.43 bits per heavy atom. The standard InChI is InChI=1S/C14H15F3O4/c1-3-21-13(19)10-8-9(5-7-12(18)20-2)4-6-11(10)14(15,16)17/h4,6,8H,3,5,7H2,1-2H3. The van der Waals surface area contributed by atoms with Crippen molar-refractivity contribution >= 4 is 11.9 Å². The van der Waals surface area contributed by atoms with E-state index in [4.69, 9.17) is 0 Å². The minimum Gasteiger partial charge on any atom is -0.469 e. The van der Waals surface area contributed by atoms with Gasteiger partial charge in [-0.25, -0.2) is 4.79 Å². The molecule has 0 saturated carbocycles. The lowest BCUT2D eigenvalue weighted by molar-refractivity contribution is -0.140. The maximum atomic E-state index is 12.9. The molecule has 0 spiro atoms. The summed E-state index contributed by atoms with van der Waals surface area (Å²) in [5.41, 5.74) is -1.18. The minimum absolute atomic E-state index is 0.0180. The number of alkyl halides is 3. The highest BCUT2D eigenvalue weighted by Gasteiger charge is 2.35. The Bertz CT molecular complexity index is 523. The van der Waals surface area contributed by atoms with E-state index in [1.165, 1.54) is 20.1 Å². The minimum atomic E-state index is -4.65. The largest absolute Gasteiger partial charge is 0.469 e. The van der Waals surface area contributed by atoms with Crippen molar-refractivity contribution in [1.29, 1.82) is 0 Å². The second kappa shape index (κ2) is 7.10. The molecule has 0 heterocycles. The molecule has 21 heavy (non-hydrogen) atoms. The molecule has 0 saturated heterocycles. The Kier molecular flexibility index (Phi) is 5.75. The van der Waals surface area contributed by atoms with Crippen LogP contribution in [0.25, 0.3) is 0 Å². The number of halogens is 3. The molecule has 0 aliphatic carbocycles. The molecule has 0 aliphatic heterocycles. The fourth-order valence-corrected chi connectivity index (χ4v) is 1.72. The summed E-state index contributed by atoms with van der Waals surface area (Å²) in [5, 5.41) is 0. The molecular formula is C14H15F3O4. The van der Waals surface area contributed by atoms with Crippen LogP contribution in [0, 0.1) is 0 Å². The monoisotopic (exact) mass is 304 g/mol. The zero-order valence-electron chi connectivity index (χ0n) is 11.6. The first kappa shape index (κ1) is 17.0. The zero-order chi connectivity index (χ0) is 16.0. The number of aryl methyl sites for hydroxylation is 1. The van der Waals surface area contributed by atoms with Gasteiger partial charge >= 0.3 is 18.1 Å². The summed E-state index contributed by atoms with van der Waals surface area (Å²) in [6.45, 7) is 1.48. The van der Waals surface area contributed by atoms with Gasteiger partial charge < -0.3 is 9.47 Å². The van der Waals surface area contributed by atoms with Crippen LogP contribution in [0.15, 0.2) is 18.2 Å². The summed E-state index contributed by atoms with van der Waals surface area (Å²) < 4.78 is 47.7. The van der Waals surface area contributed by atoms with Gasteiger partial charge in [0.2, 0.25) is 0 Å². The van der Waals surface area contributed by atoms with Crippen molar-refractivity contribution in [2.45, 2.75) is 25.9 Å². The van der Waals surface area contributed by atoms with Gasteiger partial charge in [0.15, 0.2) is 0 Å². The third kappa shape index (κ3) is 4.77. The lowest BCUT2D eigenvalue weighted by Crippen LogP contribution is -2.16. The van der Waals surface area contributed by atoms with Crippen LogP contribution < -0.4 is 0 Å². The number of carbonyl (C=O) groups is 2. The van der Waals surface area contributed by atoms with Crippen molar-refractivity contribution in [2.75, 3.05) is 13.7 Å². The van der Waals surface area contributed by atoms with E-state index in [0.717, 1.165) is 12.1 Å². The molecule has 0 atom stereocenters. The number of esters is 2. The molecule has 0 unspecified atom stereocenters. The van der Waals surface area contributed by atoms with Crippen molar-refractivity contribution in [3.63, 3.8) is 0 Å². The smallest absolute Gasteiger partial charge is 0.417 e. The van der Waals surface area contributed by atoms with E-state index >= 15 is 0 Å². The predicted octanol–water partition coefficient (Wildman–Crippen LogP) is 2.99. The summed E-state index contributed by atoms with van der Waals surface area (Å²) in [7, 11) is 1.22. The Morgan fingerprint density at radius 2 is 1.90 bits per heavy atom. The maximum absolute atomic E-state index is 12.9. The fraction of sp³-hybridized carbons (Fsp3) is 0.429. The van der Waals surface area contributed by atoms with Crippen LogP contribution in [0.5, 0.6) is 0 Å². The summed E-state index contributed by atoms with van der Waals surface area (Å²) in [5.74, 6) is -1.52. The number of carbonyl (C=O) groups excluding carboxylic acids is 2. The van der Waals surface area contributed by atoms with Gasteiger partial charge in [-0.05, 0) is 31.0 Å². The highest BCUT2D eigenvalue weighted by atomic mass is 19.4. The lowest BCUT2D eigenvalue weighted by Gasteiger charge is -2.13. The van der Waals surface area contributed by atoms with E-state index in [-0.39, 0.29) is 19.4 Å². The van der Waals surface area contributed by atoms with Gasteiger partial charge in [0.25, 0.3) is 0 Å². The summed E-state index contributed by atoms with van der Waals surface area (Å²) >= 11 is 0. The first-order valence-electron chi connectivity index (χ1n) is 6.23. The van der Waals surface area contributed by atoms with Crippen molar-refractivity contribution in [1.82, 2.24) is 0 Å². The quantitative estimate of drug-likeness (QED) is 0.785. The second-order valence-corrected chi connectivity index (χ2v) is 4.17. The summed E-state index contributed by atoms with van der Waals surface area (Å²) in [6, 6.07) is 3.15. The van der Waals surface area contributed by atoms with Crippen molar-refractivity contribution < 1.29 is 32.2 Å². The van der Waals surface area contributed by atoms with E-state index in [0.29, 0.717) is 5.56 Å². The van der Waals surface area contributed by atoms with Crippen LogP contribution in [-0.4, -0.2) is 25.7 Å². The number of rotatable bonds is 5. The van der Waals surface area contributed by atoms with Crippen LogP contribution in [0.2, 0.25) is 0 Å². The molecule has 1 aromatic carbocycles. The average molecular weight is 304 g/mol. The van der Waals surface area contributed by atoms with Gasteiger partial charge in [-0.3, -0.25) is 4.79 Å². The van der Waals surface area contributed by atoms with Crippen LogP contribution in [0.1, 0.15) is 34.8 Å². The Labute approximate surface area is 119 Å². The molecule has 1 aromatic rings. The van der Waals surface area contributed by atoms with Crippen molar-refractivity contribution in [2.24, 2.45) is 0 Å². The molecular weight excluding hydrogens is 289 g/mol. The van der Waals surface area contributed by atoms with E-state index in [1.807, 2.05) is 0 Å². The summed E-state index contributed by atoms with van der Waals surface area (Å²) in [6.07, 6.45) is -4.45. The molecule has 0 aromatic heterocycles. The second-order valence-electron chi connectivity index (χ2n) is 4.17. The van der Waals surface area contributed by atoms with Gasteiger partial charge in [0, 0.05) is 6.42 Å². The number of methoxy groups -OCH3 is 1. The summed E-state index contributed by atoms with van der Waals surface area (Å²) in [4.78, 5) is 22.7. The number of hydrogen-bond acceptors (Lipinski definition) is 4. The normalized spacial score (nSPS) is 11.1. The van der Waals surface area contributed by atoms with E-state index in [9.17, 15) is 22.8 Å². The van der Waals surface area contributed by atoms with Gasteiger partial charge in [-0.1, -0.05) is 6.07 Å². The third-order valence-corrected chi connectivity index (χ3v) is 2.73. The van der Waals surface area contributed by atoms with Crippen LogP contribution in [0.4, 0.5) is 13.2 Å². The lowest BCUT2D eigenvalue weighted by atomic mass is 10.0. The van der Waals surface area contributed by atoms with E-state index in [1.54, 1.807) is 0 Å². The Morgan fingerprint density at radius 1 is 1.24 bits per heavy atom. The molecule has 116 valence electrons. The van der Waals surface area contributed by atoms with E-state index in [2.05, 4.69) is 9.47 Å². The first-order chi connectivity index (χ1) is 9.79. The van der Waals surface area contributed by atoms with Gasteiger partial charge in [-0.2, -0.15) is 13.2 Å². The molecule has 0 radical (unpaired) electrons. The topological polar surface area (TPSA) is 52.6 Å². The van der Waals surface area contributed by atoms with Gasteiger partial charge in [0.1, 0.15) is 0 Å². The zero-order valence-corrected chi connectivity index (χ0v) is 11.6. The predicted molar refractivity (Wildman–Crippen MR) is 67.7 cm³/mol. The molecule has 0 aliphatic rings. The van der Waals surface area contributed by atoms with Crippen molar-refractivity contribution in [3.8, 4) is 0 Å². The highest BCUT2D eigenvalue weighted by molar-refractivity contribution is 5.91. The number of benzene rings is 1. The van der Waals surface area contributed by atoms with E-state index < -0.39 is 29.2 Å². The maximum Gasteiger partial charge on any atom is 0.417 e. The molecule has 0 fully saturated rings. The number of ether oxygens (including phenoxy) is 2. The van der Waals surface area contributed by atoms with Crippen molar-refractivity contribution in [3.05, 3.63) is 34.9 Å². The Hall–Kier alpha value is -2.05. The average Bonchev–Trinajstić information content (AvgIpc) is 2.43. The first-order valence-corrected chi connectivity index (χ1v) is 6.23. The van der Waals surface area contributed by atoms with Crippen LogP contribution in [0.3, 0.4) is 0 Å². The Balaban J connectivity index is 3.09. The van der Waals surface area contributed by atoms with Gasteiger partial charge in [0.05, 0.1) is 24.8 Å². The molecule has 1 rings (SSSR count). The number of hydrogen-bond donors (Lipinski definition) is 0.